The van der Waals surface area contributed by atoms with Crippen molar-refractivity contribution in [2.75, 3.05) is 19.6 Å². The van der Waals surface area contributed by atoms with Crippen molar-refractivity contribution in [2.24, 2.45) is 5.92 Å². The second-order valence-corrected chi connectivity index (χ2v) is 5.79. The van der Waals surface area contributed by atoms with E-state index in [-0.39, 0.29) is 6.10 Å². The molecule has 0 amide bonds. The highest BCUT2D eigenvalue weighted by molar-refractivity contribution is 5.22. The molecule has 2 nitrogen and oxygen atoms in total. The molecule has 0 aliphatic rings. The van der Waals surface area contributed by atoms with Crippen molar-refractivity contribution in [1.29, 1.82) is 0 Å². The van der Waals surface area contributed by atoms with Crippen molar-refractivity contribution in [3.8, 4) is 0 Å². The van der Waals surface area contributed by atoms with Gasteiger partial charge in [-0.3, -0.25) is 0 Å². The number of benzene rings is 1. The Kier molecular flexibility index (Phi) is 7.86. The monoisotopic (exact) mass is 277 g/mol. The van der Waals surface area contributed by atoms with Crippen LogP contribution in [-0.2, 0) is 0 Å². The Morgan fingerprint density at radius 2 is 1.65 bits per heavy atom. The average molecular weight is 277 g/mol. The minimum absolute atomic E-state index is 0.341. The average Bonchev–Trinajstić information content (AvgIpc) is 2.48. The van der Waals surface area contributed by atoms with Gasteiger partial charge in [0.25, 0.3) is 0 Å². The molecule has 1 atom stereocenters. The second kappa shape index (κ2) is 9.15. The lowest BCUT2D eigenvalue weighted by Gasteiger charge is -2.26. The summed E-state index contributed by atoms with van der Waals surface area (Å²) in [5, 5.41) is 10.3. The van der Waals surface area contributed by atoms with Crippen LogP contribution in [0.2, 0.25) is 0 Å². The molecule has 2 heteroatoms. The molecule has 0 heterocycles. The van der Waals surface area contributed by atoms with E-state index in [0.29, 0.717) is 0 Å². The van der Waals surface area contributed by atoms with E-state index in [1.54, 1.807) is 0 Å². The van der Waals surface area contributed by atoms with Gasteiger partial charge in [-0.2, -0.15) is 0 Å². The Hall–Kier alpha value is -0.860. The number of aliphatic hydroxyl groups excluding tert-OH is 1. The first kappa shape index (κ1) is 17.2. The third kappa shape index (κ3) is 5.64. The van der Waals surface area contributed by atoms with Crippen LogP contribution in [0.4, 0.5) is 0 Å². The van der Waals surface area contributed by atoms with Gasteiger partial charge in [-0.1, -0.05) is 63.4 Å². The minimum Gasteiger partial charge on any atom is -0.388 e. The fourth-order valence-electron chi connectivity index (χ4n) is 2.55. The first-order chi connectivity index (χ1) is 9.60. The predicted molar refractivity (Wildman–Crippen MR) is 86.9 cm³/mol. The molecule has 1 N–H and O–H groups in total. The van der Waals surface area contributed by atoms with Crippen molar-refractivity contribution < 1.29 is 5.11 Å². The zero-order valence-electron chi connectivity index (χ0n) is 13.6. The smallest absolute Gasteiger partial charge is 0.0802 e. The highest BCUT2D eigenvalue weighted by atomic mass is 16.3. The maximum Gasteiger partial charge on any atom is 0.0802 e. The quantitative estimate of drug-likeness (QED) is 0.732. The molecule has 0 aliphatic carbocycles. The first-order valence-electron chi connectivity index (χ1n) is 8.07. The molecule has 1 aromatic rings. The van der Waals surface area contributed by atoms with Crippen LogP contribution in [0.1, 0.15) is 57.3 Å². The van der Waals surface area contributed by atoms with E-state index in [1.165, 1.54) is 18.4 Å². The SMILES string of the molecule is CCC(CC)CN(CC)CCC(O)c1ccc(C)cc1. The molecule has 114 valence electrons. The summed E-state index contributed by atoms with van der Waals surface area (Å²) in [6, 6.07) is 8.22. The van der Waals surface area contributed by atoms with Gasteiger partial charge in [-0.05, 0) is 31.4 Å². The maximum absolute atomic E-state index is 10.3. The van der Waals surface area contributed by atoms with E-state index in [2.05, 4.69) is 44.7 Å². The Balaban J connectivity index is 2.45. The predicted octanol–water partition coefficient (Wildman–Crippen LogP) is 4.18. The molecular weight excluding hydrogens is 246 g/mol. The minimum atomic E-state index is -0.341. The van der Waals surface area contributed by atoms with E-state index in [9.17, 15) is 5.11 Å². The Labute approximate surface area is 124 Å². The van der Waals surface area contributed by atoms with Crippen LogP contribution in [0.3, 0.4) is 0 Å². The summed E-state index contributed by atoms with van der Waals surface area (Å²) < 4.78 is 0. The highest BCUT2D eigenvalue weighted by Gasteiger charge is 2.13. The third-order valence-electron chi connectivity index (χ3n) is 4.30. The van der Waals surface area contributed by atoms with Crippen LogP contribution in [-0.4, -0.2) is 29.6 Å². The van der Waals surface area contributed by atoms with Gasteiger partial charge >= 0.3 is 0 Å². The molecule has 20 heavy (non-hydrogen) atoms. The van der Waals surface area contributed by atoms with Gasteiger partial charge in [0, 0.05) is 13.1 Å². The van der Waals surface area contributed by atoms with E-state index >= 15 is 0 Å². The molecule has 0 radical (unpaired) electrons. The molecule has 0 saturated heterocycles. The van der Waals surface area contributed by atoms with Crippen LogP contribution in [0.5, 0.6) is 0 Å². The number of nitrogens with zero attached hydrogens (tertiary/aromatic N) is 1. The zero-order valence-corrected chi connectivity index (χ0v) is 13.6. The van der Waals surface area contributed by atoms with Crippen molar-refractivity contribution in [1.82, 2.24) is 4.90 Å². The highest BCUT2D eigenvalue weighted by Crippen LogP contribution is 2.18. The van der Waals surface area contributed by atoms with Crippen molar-refractivity contribution in [2.45, 2.75) is 53.1 Å². The molecule has 1 aromatic carbocycles. The number of aryl methyl sites for hydroxylation is 1. The number of aliphatic hydroxyl groups is 1. The van der Waals surface area contributed by atoms with Gasteiger partial charge in [-0.15, -0.1) is 0 Å². The summed E-state index contributed by atoms with van der Waals surface area (Å²) in [5.41, 5.74) is 2.28. The number of rotatable bonds is 9. The maximum atomic E-state index is 10.3. The topological polar surface area (TPSA) is 23.5 Å². The molecule has 0 fully saturated rings. The first-order valence-corrected chi connectivity index (χ1v) is 8.07. The standard InChI is InChI=1S/C18H31NO/c1-5-16(6-2)14-19(7-3)13-12-18(20)17-10-8-15(4)9-11-17/h8-11,16,18,20H,5-7,12-14H2,1-4H3. The largest absolute Gasteiger partial charge is 0.388 e. The molecule has 0 saturated carbocycles. The molecule has 0 bridgehead atoms. The van der Waals surface area contributed by atoms with Crippen LogP contribution in [0, 0.1) is 12.8 Å². The Bertz CT molecular complexity index is 356. The molecule has 0 aromatic heterocycles. The van der Waals surface area contributed by atoms with Gasteiger partial charge in [0.15, 0.2) is 0 Å². The van der Waals surface area contributed by atoms with Crippen LogP contribution in [0.15, 0.2) is 24.3 Å². The fraction of sp³-hybridized carbons (Fsp3) is 0.667. The summed E-state index contributed by atoms with van der Waals surface area (Å²) >= 11 is 0. The van der Waals surface area contributed by atoms with E-state index in [1.807, 2.05) is 12.1 Å². The molecule has 0 spiro atoms. The Morgan fingerprint density at radius 1 is 1.05 bits per heavy atom. The van der Waals surface area contributed by atoms with Gasteiger partial charge < -0.3 is 10.0 Å². The summed E-state index contributed by atoms with van der Waals surface area (Å²) in [7, 11) is 0. The molecular formula is C18H31NO. The fourth-order valence-corrected chi connectivity index (χ4v) is 2.55. The third-order valence-corrected chi connectivity index (χ3v) is 4.30. The zero-order chi connectivity index (χ0) is 15.0. The number of hydrogen-bond donors (Lipinski definition) is 1. The molecule has 1 rings (SSSR count). The van der Waals surface area contributed by atoms with Gasteiger partial charge in [0.05, 0.1) is 6.10 Å². The van der Waals surface area contributed by atoms with Crippen LogP contribution in [0.25, 0.3) is 0 Å². The van der Waals surface area contributed by atoms with Gasteiger partial charge in [0.1, 0.15) is 0 Å². The summed E-state index contributed by atoms with van der Waals surface area (Å²) in [4.78, 5) is 2.47. The summed E-state index contributed by atoms with van der Waals surface area (Å²) in [6.45, 7) is 12.0. The van der Waals surface area contributed by atoms with Crippen LogP contribution >= 0.6 is 0 Å². The molecule has 0 aliphatic heterocycles. The lowest BCUT2D eigenvalue weighted by Crippen LogP contribution is -2.31. The summed E-state index contributed by atoms with van der Waals surface area (Å²) in [6.07, 6.45) is 2.96. The van der Waals surface area contributed by atoms with Crippen molar-refractivity contribution in [3.63, 3.8) is 0 Å². The van der Waals surface area contributed by atoms with E-state index in [4.69, 9.17) is 0 Å². The van der Waals surface area contributed by atoms with Gasteiger partial charge in [-0.25, -0.2) is 0 Å². The van der Waals surface area contributed by atoms with Crippen molar-refractivity contribution in [3.05, 3.63) is 35.4 Å². The van der Waals surface area contributed by atoms with Crippen LogP contribution < -0.4 is 0 Å². The lowest BCUT2D eigenvalue weighted by atomic mass is 10.0. The second-order valence-electron chi connectivity index (χ2n) is 5.79. The van der Waals surface area contributed by atoms with Crippen molar-refractivity contribution >= 4 is 0 Å². The lowest BCUT2D eigenvalue weighted by molar-refractivity contribution is 0.136. The molecule has 1 unspecified atom stereocenters. The Morgan fingerprint density at radius 3 is 2.15 bits per heavy atom. The van der Waals surface area contributed by atoms with Gasteiger partial charge in [0.2, 0.25) is 0 Å². The van der Waals surface area contributed by atoms with E-state index < -0.39 is 0 Å². The normalized spacial score (nSPS) is 13.2. The number of hydrogen-bond acceptors (Lipinski definition) is 2. The van der Waals surface area contributed by atoms with E-state index in [0.717, 1.165) is 37.5 Å². The summed E-state index contributed by atoms with van der Waals surface area (Å²) in [5.74, 6) is 0.784.